The lowest BCUT2D eigenvalue weighted by atomic mass is 10.1. The van der Waals surface area contributed by atoms with Gasteiger partial charge in [-0.15, -0.1) is 0 Å². The third kappa shape index (κ3) is 5.05. The highest BCUT2D eigenvalue weighted by Crippen LogP contribution is 2.02. The van der Waals surface area contributed by atoms with E-state index >= 15 is 0 Å². The number of carbonyl (C=O) groups is 2. The van der Waals surface area contributed by atoms with E-state index in [1.807, 2.05) is 0 Å². The largest absolute Gasteiger partial charge is 0.452 e. The van der Waals surface area contributed by atoms with Crippen LogP contribution in [-0.4, -0.2) is 41.9 Å². The second-order valence-corrected chi connectivity index (χ2v) is 4.44. The number of nitriles is 1. The second kappa shape index (κ2) is 8.45. The Morgan fingerprint density at radius 2 is 2.13 bits per heavy atom. The maximum atomic E-state index is 11.9. The highest BCUT2D eigenvalue weighted by atomic mass is 16.5. The summed E-state index contributed by atoms with van der Waals surface area (Å²) in [6, 6.07) is 3.99. The standard InChI is InChI=1S/C14H16N4O5/c1-9(16)10(7-15)12(19)8-23-14(21)11-3-4-13(20)18(17-11)5-6-22-2/h3-4H,5-6,8,16H2,1-2H3/b10-9+. The van der Waals surface area contributed by atoms with Crippen LogP contribution in [0.4, 0.5) is 0 Å². The van der Waals surface area contributed by atoms with Crippen molar-refractivity contribution in [2.24, 2.45) is 5.73 Å². The monoisotopic (exact) mass is 320 g/mol. The van der Waals surface area contributed by atoms with Crippen LogP contribution >= 0.6 is 0 Å². The molecule has 23 heavy (non-hydrogen) atoms. The van der Waals surface area contributed by atoms with Crippen molar-refractivity contribution < 1.29 is 19.1 Å². The fourth-order valence-electron chi connectivity index (χ4n) is 1.54. The normalized spacial score (nSPS) is 11.3. The lowest BCUT2D eigenvalue weighted by Crippen LogP contribution is -2.27. The molecule has 0 radical (unpaired) electrons. The van der Waals surface area contributed by atoms with Gasteiger partial charge in [-0.1, -0.05) is 0 Å². The van der Waals surface area contributed by atoms with Crippen molar-refractivity contribution in [3.05, 3.63) is 39.5 Å². The summed E-state index contributed by atoms with van der Waals surface area (Å²) in [5.74, 6) is -1.61. The smallest absolute Gasteiger partial charge is 0.359 e. The zero-order valence-electron chi connectivity index (χ0n) is 12.7. The Morgan fingerprint density at radius 3 is 2.70 bits per heavy atom. The predicted octanol–water partition coefficient (Wildman–Crippen LogP) is -0.628. The average molecular weight is 320 g/mol. The van der Waals surface area contributed by atoms with Crippen molar-refractivity contribution in [2.45, 2.75) is 13.5 Å². The molecule has 1 aromatic heterocycles. The number of rotatable bonds is 7. The number of nitrogens with zero attached hydrogens (tertiary/aromatic N) is 3. The molecule has 1 heterocycles. The first-order valence-electron chi connectivity index (χ1n) is 6.54. The van der Waals surface area contributed by atoms with Gasteiger partial charge in [0.25, 0.3) is 5.56 Å². The summed E-state index contributed by atoms with van der Waals surface area (Å²) >= 11 is 0. The first-order chi connectivity index (χ1) is 10.9. The van der Waals surface area contributed by atoms with E-state index in [0.717, 1.165) is 10.7 Å². The van der Waals surface area contributed by atoms with Crippen LogP contribution in [-0.2, 0) is 20.8 Å². The SMILES string of the molecule is COCCn1nc(C(=O)OCC(=O)/C(C#N)=C(\C)N)ccc1=O. The number of nitrogens with two attached hydrogens (primary N) is 1. The van der Waals surface area contributed by atoms with Crippen molar-refractivity contribution >= 4 is 11.8 Å². The van der Waals surface area contributed by atoms with Gasteiger partial charge < -0.3 is 15.2 Å². The number of esters is 1. The molecule has 0 atom stereocenters. The molecule has 0 saturated carbocycles. The molecule has 0 aliphatic rings. The molecule has 122 valence electrons. The van der Waals surface area contributed by atoms with Crippen molar-refractivity contribution in [1.29, 1.82) is 5.26 Å². The number of aromatic nitrogens is 2. The average Bonchev–Trinajstić information content (AvgIpc) is 2.52. The van der Waals surface area contributed by atoms with Crippen molar-refractivity contribution in [2.75, 3.05) is 20.3 Å². The van der Waals surface area contributed by atoms with Gasteiger partial charge >= 0.3 is 5.97 Å². The van der Waals surface area contributed by atoms with Gasteiger partial charge in [0.15, 0.2) is 12.3 Å². The van der Waals surface area contributed by atoms with E-state index in [-0.39, 0.29) is 30.1 Å². The fraction of sp³-hybridized carbons (Fsp3) is 0.357. The third-order valence-electron chi connectivity index (χ3n) is 2.70. The second-order valence-electron chi connectivity index (χ2n) is 4.44. The van der Waals surface area contributed by atoms with Gasteiger partial charge in [0.2, 0.25) is 5.78 Å². The number of methoxy groups -OCH3 is 1. The number of Topliss-reactive ketones (excluding diaryl/α,β-unsaturated/α-hetero) is 1. The van der Waals surface area contributed by atoms with E-state index < -0.39 is 23.9 Å². The first kappa shape index (κ1) is 18.1. The molecule has 0 spiro atoms. The molecule has 9 heteroatoms. The van der Waals surface area contributed by atoms with Gasteiger partial charge in [0.1, 0.15) is 11.6 Å². The summed E-state index contributed by atoms with van der Waals surface area (Å²) in [5.41, 5.74) is 4.62. The molecule has 1 rings (SSSR count). The topological polar surface area (TPSA) is 137 Å². The van der Waals surface area contributed by atoms with Crippen LogP contribution in [0.25, 0.3) is 0 Å². The minimum absolute atomic E-state index is 0.0415. The van der Waals surface area contributed by atoms with E-state index in [2.05, 4.69) is 5.10 Å². The Morgan fingerprint density at radius 1 is 1.43 bits per heavy atom. The summed E-state index contributed by atoms with van der Waals surface area (Å²) in [5, 5.41) is 12.6. The van der Waals surface area contributed by atoms with Gasteiger partial charge in [-0.2, -0.15) is 10.4 Å². The summed E-state index contributed by atoms with van der Waals surface area (Å²) in [6.07, 6.45) is 0. The van der Waals surface area contributed by atoms with Crippen LogP contribution < -0.4 is 11.3 Å². The van der Waals surface area contributed by atoms with Crippen LogP contribution in [0.2, 0.25) is 0 Å². The summed E-state index contributed by atoms with van der Waals surface area (Å²) in [4.78, 5) is 35.1. The van der Waals surface area contributed by atoms with Crippen LogP contribution in [0.5, 0.6) is 0 Å². The van der Waals surface area contributed by atoms with Crippen LogP contribution in [0, 0.1) is 11.3 Å². The number of carbonyl (C=O) groups excluding carboxylic acids is 2. The Hall–Kier alpha value is -2.99. The molecule has 0 aliphatic carbocycles. The van der Waals surface area contributed by atoms with Crippen LogP contribution in [0.15, 0.2) is 28.2 Å². The van der Waals surface area contributed by atoms with E-state index in [0.29, 0.717) is 0 Å². The quantitative estimate of drug-likeness (QED) is 0.398. The number of ketones is 1. The van der Waals surface area contributed by atoms with Gasteiger partial charge in [0, 0.05) is 18.9 Å². The predicted molar refractivity (Wildman–Crippen MR) is 78.2 cm³/mol. The molecule has 1 aromatic rings. The Kier molecular flexibility index (Phi) is 6.64. The molecule has 0 bridgehead atoms. The van der Waals surface area contributed by atoms with E-state index in [1.165, 1.54) is 20.1 Å². The summed E-state index contributed by atoms with van der Waals surface area (Å²) in [7, 11) is 1.47. The lowest BCUT2D eigenvalue weighted by molar-refractivity contribution is -0.118. The van der Waals surface area contributed by atoms with Gasteiger partial charge in [0.05, 0.1) is 13.2 Å². The minimum atomic E-state index is -0.892. The number of hydrogen-bond acceptors (Lipinski definition) is 8. The Labute approximate surface area is 131 Å². The van der Waals surface area contributed by atoms with Crippen LogP contribution in [0.1, 0.15) is 17.4 Å². The molecular weight excluding hydrogens is 304 g/mol. The molecule has 9 nitrogen and oxygen atoms in total. The van der Waals surface area contributed by atoms with E-state index in [9.17, 15) is 14.4 Å². The molecule has 0 unspecified atom stereocenters. The summed E-state index contributed by atoms with van der Waals surface area (Å²) in [6.45, 7) is 1.17. The molecule has 0 fully saturated rings. The van der Waals surface area contributed by atoms with E-state index in [4.69, 9.17) is 20.5 Å². The lowest BCUT2D eigenvalue weighted by Gasteiger charge is -2.07. The van der Waals surface area contributed by atoms with Crippen molar-refractivity contribution in [1.82, 2.24) is 9.78 Å². The van der Waals surface area contributed by atoms with Gasteiger partial charge in [-0.3, -0.25) is 9.59 Å². The van der Waals surface area contributed by atoms with Crippen molar-refractivity contribution in [3.8, 4) is 6.07 Å². The number of allylic oxidation sites excluding steroid dienone is 1. The number of ether oxygens (including phenoxy) is 2. The molecule has 0 saturated heterocycles. The molecular formula is C14H16N4O5. The Bertz CT molecular complexity index is 725. The minimum Gasteiger partial charge on any atom is -0.452 e. The molecule has 0 aliphatic heterocycles. The highest BCUT2D eigenvalue weighted by Gasteiger charge is 2.16. The Balaban J connectivity index is 2.80. The third-order valence-corrected chi connectivity index (χ3v) is 2.70. The van der Waals surface area contributed by atoms with E-state index in [1.54, 1.807) is 6.07 Å². The maximum absolute atomic E-state index is 11.9. The molecule has 2 N–H and O–H groups in total. The van der Waals surface area contributed by atoms with Gasteiger partial charge in [-0.25, -0.2) is 9.48 Å². The summed E-state index contributed by atoms with van der Waals surface area (Å²) < 4.78 is 10.7. The highest BCUT2D eigenvalue weighted by molar-refractivity contribution is 6.01. The van der Waals surface area contributed by atoms with Crippen LogP contribution in [0.3, 0.4) is 0 Å². The zero-order chi connectivity index (χ0) is 17.4. The maximum Gasteiger partial charge on any atom is 0.359 e. The van der Waals surface area contributed by atoms with Gasteiger partial charge in [-0.05, 0) is 13.0 Å². The zero-order valence-corrected chi connectivity index (χ0v) is 12.7. The number of hydrogen-bond donors (Lipinski definition) is 1. The molecule has 0 aromatic carbocycles. The van der Waals surface area contributed by atoms with Crippen molar-refractivity contribution in [3.63, 3.8) is 0 Å². The fourth-order valence-corrected chi connectivity index (χ4v) is 1.54. The molecule has 0 amide bonds. The first-order valence-corrected chi connectivity index (χ1v) is 6.54.